The third-order valence-corrected chi connectivity index (χ3v) is 3.57. The fourth-order valence-corrected chi connectivity index (χ4v) is 2.36. The van der Waals surface area contributed by atoms with Crippen molar-refractivity contribution in [2.75, 3.05) is 13.1 Å². The summed E-state index contributed by atoms with van der Waals surface area (Å²) < 4.78 is 1.83. The molecule has 0 amide bonds. The average Bonchev–Trinajstić information content (AvgIpc) is 2.84. The van der Waals surface area contributed by atoms with Crippen LogP contribution in [0.1, 0.15) is 52.5 Å². The average molecular weight is 435 g/mol. The second kappa shape index (κ2) is 12.6. The second-order valence-corrected chi connectivity index (χ2v) is 6.40. The Morgan fingerprint density at radius 2 is 2.04 bits per heavy atom. The van der Waals surface area contributed by atoms with E-state index in [-0.39, 0.29) is 24.0 Å². The summed E-state index contributed by atoms with van der Waals surface area (Å²) in [4.78, 5) is 4.66. The minimum absolute atomic E-state index is 0. The van der Waals surface area contributed by atoms with E-state index in [1.807, 2.05) is 24.1 Å². The quantitative estimate of drug-likeness (QED) is 0.355. The van der Waals surface area contributed by atoms with Crippen LogP contribution in [0.15, 0.2) is 17.4 Å². The molecule has 0 aliphatic rings. The first kappa shape index (κ1) is 22.2. The maximum Gasteiger partial charge on any atom is 0.191 e. The molecule has 6 heteroatoms. The molecule has 0 spiro atoms. The van der Waals surface area contributed by atoms with Gasteiger partial charge in [-0.05, 0) is 38.2 Å². The first-order valence-corrected chi connectivity index (χ1v) is 8.53. The smallest absolute Gasteiger partial charge is 0.191 e. The summed E-state index contributed by atoms with van der Waals surface area (Å²) in [6, 6.07) is 0.454. The number of nitrogens with zero attached hydrogens (tertiary/aromatic N) is 3. The molecule has 0 aliphatic heterocycles. The van der Waals surface area contributed by atoms with E-state index in [0.717, 1.165) is 31.4 Å². The molecule has 1 heterocycles. The lowest BCUT2D eigenvalue weighted by Crippen LogP contribution is -2.42. The molecule has 23 heavy (non-hydrogen) atoms. The van der Waals surface area contributed by atoms with Gasteiger partial charge in [-0.1, -0.05) is 26.7 Å². The number of guanidine groups is 1. The summed E-state index contributed by atoms with van der Waals surface area (Å²) in [5.74, 6) is 1.71. The minimum Gasteiger partial charge on any atom is -0.357 e. The van der Waals surface area contributed by atoms with E-state index in [9.17, 15) is 0 Å². The molecule has 0 bridgehead atoms. The van der Waals surface area contributed by atoms with Gasteiger partial charge >= 0.3 is 0 Å². The van der Waals surface area contributed by atoms with E-state index in [4.69, 9.17) is 0 Å². The number of aromatic nitrogens is 2. The monoisotopic (exact) mass is 435 g/mol. The fraction of sp³-hybridized carbons (Fsp3) is 0.765. The normalized spacial score (nSPS) is 12.9. The highest BCUT2D eigenvalue weighted by atomic mass is 127. The zero-order valence-electron chi connectivity index (χ0n) is 15.3. The van der Waals surface area contributed by atoms with E-state index >= 15 is 0 Å². The van der Waals surface area contributed by atoms with Crippen molar-refractivity contribution >= 4 is 29.9 Å². The largest absolute Gasteiger partial charge is 0.357 e. The van der Waals surface area contributed by atoms with Crippen LogP contribution in [0.4, 0.5) is 0 Å². The van der Waals surface area contributed by atoms with Gasteiger partial charge in [-0.3, -0.25) is 9.67 Å². The molecule has 2 N–H and O–H groups in total. The predicted molar refractivity (Wildman–Crippen MR) is 110 cm³/mol. The lowest BCUT2D eigenvalue weighted by molar-refractivity contribution is 0.491. The molecule has 0 fully saturated rings. The molecule has 0 saturated heterocycles. The van der Waals surface area contributed by atoms with Crippen molar-refractivity contribution < 1.29 is 0 Å². The van der Waals surface area contributed by atoms with Crippen LogP contribution in [-0.4, -0.2) is 34.9 Å². The molecule has 134 valence electrons. The molecule has 0 radical (unpaired) electrons. The van der Waals surface area contributed by atoms with Gasteiger partial charge in [-0.2, -0.15) is 5.10 Å². The Bertz CT molecular complexity index is 442. The van der Waals surface area contributed by atoms with Crippen LogP contribution in [0.5, 0.6) is 0 Å². The Morgan fingerprint density at radius 1 is 1.30 bits per heavy atom. The molecule has 0 aliphatic carbocycles. The number of rotatable bonds is 9. The van der Waals surface area contributed by atoms with Gasteiger partial charge in [0.2, 0.25) is 0 Å². The number of hydrogen-bond acceptors (Lipinski definition) is 2. The fourth-order valence-electron chi connectivity index (χ4n) is 2.36. The molecule has 1 unspecified atom stereocenters. The van der Waals surface area contributed by atoms with E-state index in [1.54, 1.807) is 0 Å². The number of hydrogen-bond donors (Lipinski definition) is 2. The molecule has 1 atom stereocenters. The first-order chi connectivity index (χ1) is 10.5. The third-order valence-electron chi connectivity index (χ3n) is 3.57. The van der Waals surface area contributed by atoms with Crippen molar-refractivity contribution in [3.63, 3.8) is 0 Å². The number of aryl methyl sites for hydroxylation is 1. The van der Waals surface area contributed by atoms with E-state index in [1.165, 1.54) is 24.8 Å². The molecule has 1 rings (SSSR count). The van der Waals surface area contributed by atoms with Crippen molar-refractivity contribution in [2.24, 2.45) is 18.0 Å². The van der Waals surface area contributed by atoms with Gasteiger partial charge in [0, 0.05) is 32.4 Å². The van der Waals surface area contributed by atoms with Gasteiger partial charge in [-0.15, -0.1) is 24.0 Å². The zero-order chi connectivity index (χ0) is 16.4. The third kappa shape index (κ3) is 10.6. The number of aliphatic imine (C=N–C) groups is 1. The summed E-state index contributed by atoms with van der Waals surface area (Å²) in [5, 5.41) is 11.0. The maximum absolute atomic E-state index is 4.66. The van der Waals surface area contributed by atoms with Crippen LogP contribution in [0, 0.1) is 5.92 Å². The van der Waals surface area contributed by atoms with Crippen LogP contribution in [0.3, 0.4) is 0 Å². The molecule has 0 saturated carbocycles. The molecule has 1 aromatic heterocycles. The highest BCUT2D eigenvalue weighted by Crippen LogP contribution is 2.08. The number of halogens is 1. The van der Waals surface area contributed by atoms with Crippen molar-refractivity contribution in [1.29, 1.82) is 0 Å². The SMILES string of the molecule is CCNC(=NCCc1cnn(C)c1)NC(C)CCCC(C)C.I. The van der Waals surface area contributed by atoms with Gasteiger partial charge in [0.05, 0.1) is 6.20 Å². The van der Waals surface area contributed by atoms with Crippen molar-refractivity contribution in [3.8, 4) is 0 Å². The molecule has 5 nitrogen and oxygen atoms in total. The van der Waals surface area contributed by atoms with Gasteiger partial charge in [-0.25, -0.2) is 0 Å². The summed E-state index contributed by atoms with van der Waals surface area (Å²) in [6.07, 6.45) is 8.62. The Balaban J connectivity index is 0.00000484. The Hall–Kier alpha value is -0.790. The minimum atomic E-state index is 0. The van der Waals surface area contributed by atoms with E-state index in [2.05, 4.69) is 48.4 Å². The van der Waals surface area contributed by atoms with Gasteiger partial charge < -0.3 is 10.6 Å². The summed E-state index contributed by atoms with van der Waals surface area (Å²) in [7, 11) is 1.94. The van der Waals surface area contributed by atoms with Crippen LogP contribution in [0.2, 0.25) is 0 Å². The lowest BCUT2D eigenvalue weighted by Gasteiger charge is -2.18. The maximum atomic E-state index is 4.66. The number of nitrogens with one attached hydrogen (secondary N) is 2. The highest BCUT2D eigenvalue weighted by molar-refractivity contribution is 14.0. The van der Waals surface area contributed by atoms with Crippen LogP contribution in [-0.2, 0) is 13.5 Å². The Kier molecular flexibility index (Phi) is 12.2. The van der Waals surface area contributed by atoms with Gasteiger partial charge in [0.1, 0.15) is 0 Å². The standard InChI is InChI=1S/C17H33N5.HI/c1-6-18-17(21-15(4)9-7-8-14(2)3)19-11-10-16-12-20-22(5)13-16;/h12-15H,6-11H2,1-5H3,(H2,18,19,21);1H. The molecular formula is C17H34IN5. The van der Waals surface area contributed by atoms with Crippen LogP contribution in [0.25, 0.3) is 0 Å². The predicted octanol–water partition coefficient (Wildman–Crippen LogP) is 3.35. The molecular weight excluding hydrogens is 401 g/mol. The van der Waals surface area contributed by atoms with E-state index < -0.39 is 0 Å². The second-order valence-electron chi connectivity index (χ2n) is 6.40. The lowest BCUT2D eigenvalue weighted by atomic mass is 10.0. The van der Waals surface area contributed by atoms with Crippen molar-refractivity contribution in [3.05, 3.63) is 18.0 Å². The van der Waals surface area contributed by atoms with Crippen molar-refractivity contribution in [2.45, 2.75) is 59.4 Å². The first-order valence-electron chi connectivity index (χ1n) is 8.53. The van der Waals surface area contributed by atoms with E-state index in [0.29, 0.717) is 6.04 Å². The van der Waals surface area contributed by atoms with Crippen LogP contribution < -0.4 is 10.6 Å². The molecule has 1 aromatic rings. The van der Waals surface area contributed by atoms with Crippen molar-refractivity contribution in [1.82, 2.24) is 20.4 Å². The Labute approximate surface area is 158 Å². The summed E-state index contributed by atoms with van der Waals surface area (Å²) >= 11 is 0. The van der Waals surface area contributed by atoms with Crippen LogP contribution >= 0.6 is 24.0 Å². The topological polar surface area (TPSA) is 54.2 Å². The Morgan fingerprint density at radius 3 is 2.61 bits per heavy atom. The summed E-state index contributed by atoms with van der Waals surface area (Å²) in [6.45, 7) is 10.6. The molecule has 0 aromatic carbocycles. The van der Waals surface area contributed by atoms with Gasteiger partial charge in [0.15, 0.2) is 5.96 Å². The van der Waals surface area contributed by atoms with Gasteiger partial charge in [0.25, 0.3) is 0 Å². The highest BCUT2D eigenvalue weighted by Gasteiger charge is 2.05. The summed E-state index contributed by atoms with van der Waals surface area (Å²) in [5.41, 5.74) is 1.23. The zero-order valence-corrected chi connectivity index (χ0v) is 17.6.